The Hall–Kier alpha value is -2.54. The number of carbonyl (C=O) groups is 2. The first-order chi connectivity index (χ1) is 16.6. The molecule has 1 N–H and O–H groups in total. The Morgan fingerprint density at radius 3 is 2.49 bits per heavy atom. The third kappa shape index (κ3) is 7.47. The van der Waals surface area contributed by atoms with Gasteiger partial charge in [-0.3, -0.25) is 9.59 Å². The van der Waals surface area contributed by atoms with Gasteiger partial charge in [-0.15, -0.1) is 0 Å². The van der Waals surface area contributed by atoms with Crippen molar-refractivity contribution in [3.63, 3.8) is 0 Å². The summed E-state index contributed by atoms with van der Waals surface area (Å²) in [6, 6.07) is 13.0. The first-order valence-electron chi connectivity index (χ1n) is 12.2. The molecule has 1 aliphatic rings. The zero-order chi connectivity index (χ0) is 25.6. The first-order valence-corrected chi connectivity index (χ1v) is 13.0. The molecule has 0 saturated heterocycles. The average Bonchev–Trinajstić information content (AvgIpc) is 3.33. The fraction of sp³-hybridized carbons (Fsp3) is 0.500. The molecule has 2 amide bonds. The van der Waals surface area contributed by atoms with Crippen molar-refractivity contribution in [1.29, 1.82) is 0 Å². The molecule has 35 heavy (non-hydrogen) atoms. The second-order valence-electron chi connectivity index (χ2n) is 10.2. The zero-order valence-corrected chi connectivity index (χ0v) is 23.0. The van der Waals surface area contributed by atoms with Crippen molar-refractivity contribution in [2.75, 3.05) is 13.7 Å². The lowest BCUT2D eigenvalue weighted by Crippen LogP contribution is -2.50. The van der Waals surface area contributed by atoms with Gasteiger partial charge in [-0.25, -0.2) is 0 Å². The van der Waals surface area contributed by atoms with E-state index in [1.807, 2.05) is 42.5 Å². The maximum Gasteiger partial charge on any atom is 0.261 e. The van der Waals surface area contributed by atoms with E-state index in [9.17, 15) is 9.59 Å². The molecule has 0 heterocycles. The molecule has 1 saturated carbocycles. The van der Waals surface area contributed by atoms with Crippen LogP contribution in [0.5, 0.6) is 11.5 Å². The molecule has 1 atom stereocenters. The molecule has 190 valence electrons. The van der Waals surface area contributed by atoms with Gasteiger partial charge >= 0.3 is 0 Å². The minimum atomic E-state index is -0.635. The molecule has 1 fully saturated rings. The van der Waals surface area contributed by atoms with Crippen molar-refractivity contribution in [1.82, 2.24) is 10.2 Å². The third-order valence-corrected chi connectivity index (χ3v) is 7.12. The fourth-order valence-electron chi connectivity index (χ4n) is 4.25. The average molecular weight is 546 g/mol. The maximum absolute atomic E-state index is 13.4. The van der Waals surface area contributed by atoms with Crippen molar-refractivity contribution in [3.8, 4) is 11.5 Å². The summed E-state index contributed by atoms with van der Waals surface area (Å²) in [6.45, 7) is 8.32. The number of hydrogen-bond acceptors (Lipinski definition) is 4. The number of nitrogens with one attached hydrogen (secondary N) is 1. The molecule has 6 nitrogen and oxygen atoms in total. The molecule has 2 aromatic carbocycles. The number of hydrogen-bond donors (Lipinski definition) is 1. The van der Waals surface area contributed by atoms with Gasteiger partial charge in [0.15, 0.2) is 6.61 Å². The van der Waals surface area contributed by atoms with Crippen molar-refractivity contribution in [2.45, 2.75) is 77.4 Å². The summed E-state index contributed by atoms with van der Waals surface area (Å²) < 4.78 is 12.0. The lowest BCUT2D eigenvalue weighted by Gasteiger charge is -2.30. The highest BCUT2D eigenvalue weighted by Gasteiger charge is 2.29. The molecule has 0 spiro atoms. The minimum absolute atomic E-state index is 0.00647. The highest BCUT2D eigenvalue weighted by molar-refractivity contribution is 9.10. The zero-order valence-electron chi connectivity index (χ0n) is 21.4. The highest BCUT2D eigenvalue weighted by atomic mass is 79.9. The highest BCUT2D eigenvalue weighted by Crippen LogP contribution is 2.31. The Balaban J connectivity index is 1.75. The van der Waals surface area contributed by atoms with Gasteiger partial charge in [0.1, 0.15) is 17.5 Å². The van der Waals surface area contributed by atoms with E-state index in [2.05, 4.69) is 42.0 Å². The van der Waals surface area contributed by atoms with Crippen LogP contribution in [0.15, 0.2) is 46.9 Å². The predicted octanol–water partition coefficient (Wildman–Crippen LogP) is 5.61. The largest absolute Gasteiger partial charge is 0.497 e. The molecule has 0 radical (unpaired) electrons. The molecule has 3 rings (SSSR count). The second kappa shape index (κ2) is 11.9. The van der Waals surface area contributed by atoms with Crippen LogP contribution < -0.4 is 14.8 Å². The van der Waals surface area contributed by atoms with Gasteiger partial charge in [-0.1, -0.05) is 51.8 Å². The summed E-state index contributed by atoms with van der Waals surface area (Å²) in [5.41, 5.74) is 2.06. The van der Waals surface area contributed by atoms with Gasteiger partial charge < -0.3 is 19.7 Å². The standard InChI is InChI=1S/C28H37BrN2O4/c1-19(27(33)30-22-10-6-7-11-22)31(17-20-9-8-12-23(15-20)34-5)26(32)18-35-25-14-13-21(16-24(25)29)28(2,3)4/h8-9,12-16,19,22H,6-7,10-11,17-18H2,1-5H3,(H,30,33)/t19-/m1/s1. The van der Waals surface area contributed by atoms with Crippen molar-refractivity contribution in [2.24, 2.45) is 0 Å². The van der Waals surface area contributed by atoms with Gasteiger partial charge in [0.25, 0.3) is 5.91 Å². The molecule has 2 aromatic rings. The summed E-state index contributed by atoms with van der Waals surface area (Å²) in [7, 11) is 1.61. The molecule has 0 aliphatic heterocycles. The predicted molar refractivity (Wildman–Crippen MR) is 142 cm³/mol. The Morgan fingerprint density at radius 2 is 1.86 bits per heavy atom. The van der Waals surface area contributed by atoms with Gasteiger partial charge in [0, 0.05) is 12.6 Å². The number of rotatable bonds is 9. The quantitative estimate of drug-likeness (QED) is 0.445. The lowest BCUT2D eigenvalue weighted by molar-refractivity contribution is -0.142. The van der Waals surface area contributed by atoms with E-state index in [0.717, 1.165) is 35.7 Å². The number of amides is 2. The van der Waals surface area contributed by atoms with Crippen LogP contribution in [0.2, 0.25) is 0 Å². The number of carbonyl (C=O) groups excluding carboxylic acids is 2. The van der Waals surface area contributed by atoms with Crippen LogP contribution in [0.4, 0.5) is 0 Å². The SMILES string of the molecule is COc1cccc(CN(C(=O)COc2ccc(C(C)(C)C)cc2Br)[C@H](C)C(=O)NC2CCCC2)c1. The number of ether oxygens (including phenoxy) is 2. The molecule has 0 unspecified atom stereocenters. The molecule has 1 aliphatic carbocycles. The van der Waals surface area contributed by atoms with Crippen LogP contribution in [0.1, 0.15) is 64.5 Å². The molecule has 7 heteroatoms. The third-order valence-electron chi connectivity index (χ3n) is 6.50. The monoisotopic (exact) mass is 544 g/mol. The summed E-state index contributed by atoms with van der Waals surface area (Å²) >= 11 is 3.57. The van der Waals surface area contributed by atoms with E-state index in [-0.39, 0.29) is 36.4 Å². The first kappa shape index (κ1) is 27.1. The van der Waals surface area contributed by atoms with Crippen LogP contribution in [0, 0.1) is 0 Å². The number of benzene rings is 2. The van der Waals surface area contributed by atoms with Crippen molar-refractivity contribution >= 4 is 27.7 Å². The topological polar surface area (TPSA) is 67.9 Å². The fourth-order valence-corrected chi connectivity index (χ4v) is 4.74. The van der Waals surface area contributed by atoms with E-state index in [0.29, 0.717) is 11.5 Å². The van der Waals surface area contributed by atoms with Crippen LogP contribution in [0.25, 0.3) is 0 Å². The van der Waals surface area contributed by atoms with E-state index in [1.165, 1.54) is 5.56 Å². The summed E-state index contributed by atoms with van der Waals surface area (Å²) in [5, 5.41) is 3.12. The number of nitrogens with zero attached hydrogens (tertiary/aromatic N) is 1. The van der Waals surface area contributed by atoms with E-state index >= 15 is 0 Å². The number of halogens is 1. The summed E-state index contributed by atoms with van der Waals surface area (Å²) in [6.07, 6.45) is 4.24. The van der Waals surface area contributed by atoms with Gasteiger partial charge in [0.05, 0.1) is 11.6 Å². The van der Waals surface area contributed by atoms with Crippen molar-refractivity contribution in [3.05, 3.63) is 58.1 Å². The maximum atomic E-state index is 13.4. The van der Waals surface area contributed by atoms with Crippen LogP contribution in [0.3, 0.4) is 0 Å². The lowest BCUT2D eigenvalue weighted by atomic mass is 9.87. The van der Waals surface area contributed by atoms with Gasteiger partial charge in [0.2, 0.25) is 5.91 Å². The minimum Gasteiger partial charge on any atom is -0.497 e. The van der Waals surface area contributed by atoms with Crippen LogP contribution >= 0.6 is 15.9 Å². The Labute approximate surface area is 217 Å². The van der Waals surface area contributed by atoms with E-state index < -0.39 is 6.04 Å². The Kier molecular flexibility index (Phi) is 9.22. The number of methoxy groups -OCH3 is 1. The van der Waals surface area contributed by atoms with Gasteiger partial charge in [-0.05, 0) is 76.5 Å². The summed E-state index contributed by atoms with van der Waals surface area (Å²) in [5.74, 6) is 0.908. The second-order valence-corrected chi connectivity index (χ2v) is 11.1. The summed E-state index contributed by atoms with van der Waals surface area (Å²) in [4.78, 5) is 28.0. The Morgan fingerprint density at radius 1 is 1.14 bits per heavy atom. The smallest absolute Gasteiger partial charge is 0.261 e. The van der Waals surface area contributed by atoms with Crippen LogP contribution in [-0.2, 0) is 21.5 Å². The van der Waals surface area contributed by atoms with Crippen molar-refractivity contribution < 1.29 is 19.1 Å². The van der Waals surface area contributed by atoms with Crippen LogP contribution in [-0.4, -0.2) is 42.5 Å². The van der Waals surface area contributed by atoms with Gasteiger partial charge in [-0.2, -0.15) is 0 Å². The molecule has 0 aromatic heterocycles. The van der Waals surface area contributed by atoms with E-state index in [1.54, 1.807) is 18.9 Å². The molecular weight excluding hydrogens is 508 g/mol. The molecule has 0 bridgehead atoms. The Bertz CT molecular complexity index is 1030. The molecular formula is C28H37BrN2O4. The van der Waals surface area contributed by atoms with E-state index in [4.69, 9.17) is 9.47 Å². The normalized spacial score (nSPS) is 14.9.